The molecule has 0 saturated heterocycles. The van der Waals surface area contributed by atoms with E-state index in [1.165, 1.54) is 37.7 Å². The van der Waals surface area contributed by atoms with Crippen molar-refractivity contribution in [3.8, 4) is 0 Å². The molecule has 2 aliphatic rings. The minimum Gasteiger partial charge on any atom is -0.444 e. The molecule has 0 bridgehead atoms. The van der Waals surface area contributed by atoms with Gasteiger partial charge in [-0.15, -0.1) is 0 Å². The van der Waals surface area contributed by atoms with Crippen LogP contribution in [0.25, 0.3) is 0 Å². The van der Waals surface area contributed by atoms with Crippen LogP contribution in [0.3, 0.4) is 0 Å². The molecule has 1 aliphatic carbocycles. The predicted molar refractivity (Wildman–Crippen MR) is 94.5 cm³/mol. The Morgan fingerprint density at radius 1 is 1.35 bits per heavy atom. The summed E-state index contributed by atoms with van der Waals surface area (Å²) in [7, 11) is 0. The average Bonchev–Trinajstić information content (AvgIpc) is 2.52. The SMILES string of the molecule is CCC1CCCCC1NCC1=CCN(C(=O)OC(C)(C)C)CC1. The molecule has 1 heterocycles. The van der Waals surface area contributed by atoms with E-state index in [2.05, 4.69) is 18.3 Å². The van der Waals surface area contributed by atoms with Crippen molar-refractivity contribution in [3.63, 3.8) is 0 Å². The Bertz CT molecular complexity index is 426. The third kappa shape index (κ3) is 5.83. The van der Waals surface area contributed by atoms with E-state index in [0.29, 0.717) is 12.6 Å². The van der Waals surface area contributed by atoms with Crippen LogP contribution in [0.4, 0.5) is 4.79 Å². The van der Waals surface area contributed by atoms with Gasteiger partial charge in [0.2, 0.25) is 0 Å². The van der Waals surface area contributed by atoms with Gasteiger partial charge in [0.25, 0.3) is 0 Å². The van der Waals surface area contributed by atoms with Crippen molar-refractivity contribution < 1.29 is 9.53 Å². The molecule has 0 aromatic rings. The Morgan fingerprint density at radius 2 is 2.09 bits per heavy atom. The van der Waals surface area contributed by atoms with Gasteiger partial charge in [-0.2, -0.15) is 0 Å². The normalized spacial score (nSPS) is 25.9. The number of nitrogens with one attached hydrogen (secondary N) is 1. The third-order valence-corrected chi connectivity index (χ3v) is 4.98. The van der Waals surface area contributed by atoms with Crippen LogP contribution in [0, 0.1) is 5.92 Å². The predicted octanol–water partition coefficient (Wildman–Crippen LogP) is 4.11. The Balaban J connectivity index is 1.77. The summed E-state index contributed by atoms with van der Waals surface area (Å²) in [5, 5.41) is 3.77. The quantitative estimate of drug-likeness (QED) is 0.792. The Hall–Kier alpha value is -1.03. The monoisotopic (exact) mass is 322 g/mol. The van der Waals surface area contributed by atoms with Crippen LogP contribution in [-0.4, -0.2) is 42.3 Å². The van der Waals surface area contributed by atoms with Crippen LogP contribution < -0.4 is 5.32 Å². The average molecular weight is 322 g/mol. The smallest absolute Gasteiger partial charge is 0.410 e. The van der Waals surface area contributed by atoms with E-state index in [9.17, 15) is 4.79 Å². The molecule has 1 fully saturated rings. The summed E-state index contributed by atoms with van der Waals surface area (Å²) < 4.78 is 5.44. The summed E-state index contributed by atoms with van der Waals surface area (Å²) in [5.74, 6) is 0.839. The maximum absolute atomic E-state index is 12.1. The van der Waals surface area contributed by atoms with E-state index >= 15 is 0 Å². The highest BCUT2D eigenvalue weighted by atomic mass is 16.6. The Morgan fingerprint density at radius 3 is 2.70 bits per heavy atom. The number of hydrogen-bond acceptors (Lipinski definition) is 3. The lowest BCUT2D eigenvalue weighted by Gasteiger charge is -2.33. The van der Waals surface area contributed by atoms with Gasteiger partial charge in [-0.25, -0.2) is 4.79 Å². The number of amides is 1. The Kier molecular flexibility index (Phi) is 6.51. The van der Waals surface area contributed by atoms with Crippen molar-refractivity contribution >= 4 is 6.09 Å². The van der Waals surface area contributed by atoms with E-state index in [-0.39, 0.29) is 6.09 Å². The van der Waals surface area contributed by atoms with Gasteiger partial charge in [0.05, 0.1) is 0 Å². The topological polar surface area (TPSA) is 41.6 Å². The molecule has 132 valence electrons. The summed E-state index contributed by atoms with van der Waals surface area (Å²) in [6, 6.07) is 0.679. The second kappa shape index (κ2) is 8.18. The molecule has 2 atom stereocenters. The van der Waals surface area contributed by atoms with E-state index in [0.717, 1.165) is 25.4 Å². The molecular weight excluding hydrogens is 288 g/mol. The molecule has 1 aliphatic heterocycles. The van der Waals surface area contributed by atoms with Crippen LogP contribution in [0.1, 0.15) is 66.2 Å². The highest BCUT2D eigenvalue weighted by Gasteiger charge is 2.25. The standard InChI is InChI=1S/C19H34N2O2/c1-5-16-8-6-7-9-17(16)20-14-15-10-12-21(13-11-15)18(22)23-19(2,3)4/h10,16-17,20H,5-9,11-14H2,1-4H3. The van der Waals surface area contributed by atoms with Crippen molar-refractivity contribution in [1.29, 1.82) is 0 Å². The van der Waals surface area contributed by atoms with Crippen molar-refractivity contribution in [2.24, 2.45) is 5.92 Å². The second-order valence-electron chi connectivity index (χ2n) is 7.98. The largest absolute Gasteiger partial charge is 0.444 e. The molecule has 0 aromatic carbocycles. The molecule has 0 radical (unpaired) electrons. The van der Waals surface area contributed by atoms with Crippen molar-refractivity contribution in [2.45, 2.75) is 77.9 Å². The zero-order chi connectivity index (χ0) is 16.9. The molecule has 1 saturated carbocycles. The van der Waals surface area contributed by atoms with Crippen molar-refractivity contribution in [1.82, 2.24) is 10.2 Å². The first-order valence-corrected chi connectivity index (χ1v) is 9.28. The summed E-state index contributed by atoms with van der Waals surface area (Å²) in [6.07, 6.45) is 9.68. The third-order valence-electron chi connectivity index (χ3n) is 4.98. The molecule has 1 N–H and O–H groups in total. The molecule has 0 aromatic heterocycles. The second-order valence-corrected chi connectivity index (χ2v) is 7.98. The van der Waals surface area contributed by atoms with E-state index < -0.39 is 5.60 Å². The van der Waals surface area contributed by atoms with Gasteiger partial charge in [-0.1, -0.05) is 37.8 Å². The zero-order valence-corrected chi connectivity index (χ0v) is 15.4. The fourth-order valence-corrected chi connectivity index (χ4v) is 3.59. The van der Waals surface area contributed by atoms with Gasteiger partial charge >= 0.3 is 6.09 Å². The summed E-state index contributed by atoms with van der Waals surface area (Å²) >= 11 is 0. The lowest BCUT2D eigenvalue weighted by molar-refractivity contribution is 0.0265. The number of carbonyl (C=O) groups is 1. The first kappa shape index (κ1) is 18.3. The number of ether oxygens (including phenoxy) is 1. The van der Waals surface area contributed by atoms with Gasteiger partial charge in [0.1, 0.15) is 5.60 Å². The lowest BCUT2D eigenvalue weighted by Crippen LogP contribution is -2.42. The van der Waals surface area contributed by atoms with E-state index in [1.54, 1.807) is 4.90 Å². The zero-order valence-electron chi connectivity index (χ0n) is 15.4. The molecule has 2 unspecified atom stereocenters. The summed E-state index contributed by atoms with van der Waals surface area (Å²) in [4.78, 5) is 13.9. The molecule has 2 rings (SSSR count). The number of nitrogens with zero attached hydrogens (tertiary/aromatic N) is 1. The van der Waals surface area contributed by atoms with Crippen LogP contribution >= 0.6 is 0 Å². The minimum absolute atomic E-state index is 0.195. The van der Waals surface area contributed by atoms with Crippen LogP contribution in [0.15, 0.2) is 11.6 Å². The Labute approximate surface area is 141 Å². The molecule has 23 heavy (non-hydrogen) atoms. The van der Waals surface area contributed by atoms with Crippen LogP contribution in [-0.2, 0) is 4.74 Å². The van der Waals surface area contributed by atoms with Crippen LogP contribution in [0.2, 0.25) is 0 Å². The van der Waals surface area contributed by atoms with E-state index in [4.69, 9.17) is 4.74 Å². The molecular formula is C19H34N2O2. The number of hydrogen-bond donors (Lipinski definition) is 1. The molecule has 4 nitrogen and oxygen atoms in total. The molecule has 1 amide bonds. The molecule has 4 heteroatoms. The molecule has 0 spiro atoms. The first-order valence-electron chi connectivity index (χ1n) is 9.28. The lowest BCUT2D eigenvalue weighted by atomic mass is 9.83. The fourth-order valence-electron chi connectivity index (χ4n) is 3.59. The number of rotatable bonds is 4. The first-order chi connectivity index (χ1) is 10.9. The maximum atomic E-state index is 12.1. The van der Waals surface area contributed by atoms with Gasteiger partial charge in [0, 0.05) is 25.7 Å². The van der Waals surface area contributed by atoms with Gasteiger partial charge in [0.15, 0.2) is 0 Å². The highest BCUT2D eigenvalue weighted by Crippen LogP contribution is 2.27. The van der Waals surface area contributed by atoms with Crippen molar-refractivity contribution in [2.75, 3.05) is 19.6 Å². The maximum Gasteiger partial charge on any atom is 0.410 e. The minimum atomic E-state index is -0.418. The van der Waals surface area contributed by atoms with Gasteiger partial charge < -0.3 is 15.0 Å². The van der Waals surface area contributed by atoms with Gasteiger partial charge in [-0.05, 0) is 46.0 Å². The summed E-state index contributed by atoms with van der Waals surface area (Å²) in [5.41, 5.74) is 1.02. The highest BCUT2D eigenvalue weighted by molar-refractivity contribution is 5.68. The van der Waals surface area contributed by atoms with Gasteiger partial charge in [-0.3, -0.25) is 0 Å². The summed E-state index contributed by atoms with van der Waals surface area (Å²) in [6.45, 7) is 10.5. The number of carbonyl (C=O) groups excluding carboxylic acids is 1. The van der Waals surface area contributed by atoms with Crippen molar-refractivity contribution in [3.05, 3.63) is 11.6 Å². The fraction of sp³-hybridized carbons (Fsp3) is 0.842. The van der Waals surface area contributed by atoms with E-state index in [1.807, 2.05) is 20.8 Å². The van der Waals surface area contributed by atoms with Crippen LogP contribution in [0.5, 0.6) is 0 Å².